The molecule has 0 spiro atoms. The Morgan fingerprint density at radius 1 is 1.16 bits per heavy atom. The molecule has 1 aliphatic rings. The summed E-state index contributed by atoms with van der Waals surface area (Å²) in [6, 6.07) is 4.26. The maximum atomic E-state index is 9.48. The Labute approximate surface area is 116 Å². The molecule has 1 N–H and O–H groups in total. The van der Waals surface area contributed by atoms with Crippen molar-refractivity contribution in [2.75, 3.05) is 26.2 Å². The molecule has 1 aliphatic heterocycles. The van der Waals surface area contributed by atoms with Crippen LogP contribution >= 0.6 is 0 Å². The Hall–Kier alpha value is -1.06. The highest BCUT2D eigenvalue weighted by Gasteiger charge is 2.16. The van der Waals surface area contributed by atoms with Gasteiger partial charge in [0.25, 0.3) is 0 Å². The summed E-state index contributed by atoms with van der Waals surface area (Å²) >= 11 is 0. The summed E-state index contributed by atoms with van der Waals surface area (Å²) < 4.78 is 5.97. The SMILES string of the molecule is Cc1ccc(C)c(OCCN2CCC(O)CC2)c1C. The molecule has 0 amide bonds. The van der Waals surface area contributed by atoms with Gasteiger partial charge in [-0.15, -0.1) is 0 Å². The largest absolute Gasteiger partial charge is 0.492 e. The highest BCUT2D eigenvalue weighted by atomic mass is 16.5. The van der Waals surface area contributed by atoms with Gasteiger partial charge in [0.1, 0.15) is 12.4 Å². The number of aliphatic hydroxyl groups is 1. The molecule has 19 heavy (non-hydrogen) atoms. The van der Waals surface area contributed by atoms with Crippen molar-refractivity contribution in [2.45, 2.75) is 39.7 Å². The van der Waals surface area contributed by atoms with E-state index in [1.54, 1.807) is 0 Å². The van der Waals surface area contributed by atoms with E-state index in [9.17, 15) is 5.11 Å². The molecule has 0 saturated carbocycles. The van der Waals surface area contributed by atoms with Crippen molar-refractivity contribution in [3.8, 4) is 5.75 Å². The summed E-state index contributed by atoms with van der Waals surface area (Å²) in [5.41, 5.74) is 3.73. The Bertz CT molecular complexity index is 423. The van der Waals surface area contributed by atoms with Crippen LogP contribution < -0.4 is 4.74 Å². The van der Waals surface area contributed by atoms with Gasteiger partial charge < -0.3 is 9.84 Å². The molecule has 0 aromatic heterocycles. The summed E-state index contributed by atoms with van der Waals surface area (Å²) in [5.74, 6) is 1.04. The number of benzene rings is 1. The van der Waals surface area contributed by atoms with Gasteiger partial charge >= 0.3 is 0 Å². The fourth-order valence-corrected chi connectivity index (χ4v) is 2.57. The third-order valence-corrected chi connectivity index (χ3v) is 4.08. The van der Waals surface area contributed by atoms with Crippen LogP contribution in [-0.2, 0) is 0 Å². The van der Waals surface area contributed by atoms with E-state index in [0.29, 0.717) is 0 Å². The zero-order valence-corrected chi connectivity index (χ0v) is 12.3. The quantitative estimate of drug-likeness (QED) is 0.905. The Morgan fingerprint density at radius 3 is 2.47 bits per heavy atom. The maximum Gasteiger partial charge on any atom is 0.125 e. The standard InChI is InChI=1S/C16H25NO2/c1-12-4-5-13(2)16(14(12)3)19-11-10-17-8-6-15(18)7-9-17/h4-5,15,18H,6-11H2,1-3H3. The Morgan fingerprint density at radius 2 is 1.79 bits per heavy atom. The topological polar surface area (TPSA) is 32.7 Å². The van der Waals surface area contributed by atoms with Gasteiger partial charge in [0.05, 0.1) is 6.10 Å². The molecule has 2 rings (SSSR count). The molecule has 0 atom stereocenters. The lowest BCUT2D eigenvalue weighted by Gasteiger charge is -2.29. The van der Waals surface area contributed by atoms with Crippen LogP contribution in [0.4, 0.5) is 0 Å². The van der Waals surface area contributed by atoms with Gasteiger partial charge in [-0.3, -0.25) is 4.90 Å². The zero-order chi connectivity index (χ0) is 13.8. The lowest BCUT2D eigenvalue weighted by atomic mass is 10.1. The van der Waals surface area contributed by atoms with E-state index >= 15 is 0 Å². The maximum absolute atomic E-state index is 9.48. The van der Waals surface area contributed by atoms with Crippen molar-refractivity contribution in [1.29, 1.82) is 0 Å². The number of nitrogens with zero attached hydrogens (tertiary/aromatic N) is 1. The molecule has 0 radical (unpaired) electrons. The molecule has 0 aliphatic carbocycles. The minimum Gasteiger partial charge on any atom is -0.492 e. The summed E-state index contributed by atoms with van der Waals surface area (Å²) in [5, 5.41) is 9.48. The summed E-state index contributed by atoms with van der Waals surface area (Å²) in [6.45, 7) is 9.97. The Balaban J connectivity index is 1.84. The van der Waals surface area contributed by atoms with Crippen molar-refractivity contribution in [3.05, 3.63) is 28.8 Å². The second-order valence-corrected chi connectivity index (χ2v) is 5.57. The van der Waals surface area contributed by atoms with E-state index in [-0.39, 0.29) is 6.10 Å². The highest BCUT2D eigenvalue weighted by molar-refractivity contribution is 5.44. The smallest absolute Gasteiger partial charge is 0.125 e. The molecule has 1 fully saturated rings. The van der Waals surface area contributed by atoms with E-state index in [0.717, 1.165) is 44.8 Å². The number of hydrogen-bond acceptors (Lipinski definition) is 3. The number of ether oxygens (including phenoxy) is 1. The van der Waals surface area contributed by atoms with Gasteiger partial charge in [-0.2, -0.15) is 0 Å². The lowest BCUT2D eigenvalue weighted by molar-refractivity contribution is 0.0754. The summed E-state index contributed by atoms with van der Waals surface area (Å²) in [4.78, 5) is 2.37. The van der Waals surface area contributed by atoms with Crippen molar-refractivity contribution in [3.63, 3.8) is 0 Å². The first-order valence-corrected chi connectivity index (χ1v) is 7.18. The first kappa shape index (κ1) is 14.4. The van der Waals surface area contributed by atoms with E-state index in [1.165, 1.54) is 16.7 Å². The van der Waals surface area contributed by atoms with Gasteiger partial charge in [0.2, 0.25) is 0 Å². The molecule has 3 heteroatoms. The van der Waals surface area contributed by atoms with Crippen LogP contribution in [0.15, 0.2) is 12.1 Å². The van der Waals surface area contributed by atoms with Crippen molar-refractivity contribution < 1.29 is 9.84 Å². The summed E-state index contributed by atoms with van der Waals surface area (Å²) in [7, 11) is 0. The van der Waals surface area contributed by atoms with E-state index in [1.807, 2.05) is 0 Å². The van der Waals surface area contributed by atoms with Crippen LogP contribution in [0, 0.1) is 20.8 Å². The molecular formula is C16H25NO2. The molecule has 0 bridgehead atoms. The fourth-order valence-electron chi connectivity index (χ4n) is 2.57. The van der Waals surface area contributed by atoms with Gasteiger partial charge in [-0.25, -0.2) is 0 Å². The zero-order valence-electron chi connectivity index (χ0n) is 12.3. The number of aryl methyl sites for hydroxylation is 2. The van der Waals surface area contributed by atoms with Crippen LogP contribution in [0.1, 0.15) is 29.5 Å². The first-order chi connectivity index (χ1) is 9.08. The van der Waals surface area contributed by atoms with Crippen molar-refractivity contribution in [2.24, 2.45) is 0 Å². The van der Waals surface area contributed by atoms with Crippen molar-refractivity contribution in [1.82, 2.24) is 4.90 Å². The van der Waals surface area contributed by atoms with E-state index < -0.39 is 0 Å². The minimum atomic E-state index is -0.0987. The molecule has 1 saturated heterocycles. The first-order valence-electron chi connectivity index (χ1n) is 7.18. The van der Waals surface area contributed by atoms with E-state index in [2.05, 4.69) is 37.8 Å². The number of aliphatic hydroxyl groups excluding tert-OH is 1. The monoisotopic (exact) mass is 263 g/mol. The highest BCUT2D eigenvalue weighted by Crippen LogP contribution is 2.25. The molecule has 0 unspecified atom stereocenters. The van der Waals surface area contributed by atoms with Gasteiger partial charge in [-0.1, -0.05) is 12.1 Å². The lowest BCUT2D eigenvalue weighted by Crippen LogP contribution is -2.38. The average Bonchev–Trinajstić information content (AvgIpc) is 2.40. The predicted molar refractivity (Wildman–Crippen MR) is 77.8 cm³/mol. The van der Waals surface area contributed by atoms with Crippen LogP contribution in [0.3, 0.4) is 0 Å². The van der Waals surface area contributed by atoms with Crippen LogP contribution in [0.25, 0.3) is 0 Å². The normalized spacial score (nSPS) is 17.7. The molecule has 3 nitrogen and oxygen atoms in total. The molecular weight excluding hydrogens is 238 g/mol. The molecule has 106 valence electrons. The number of rotatable bonds is 4. The third-order valence-electron chi connectivity index (χ3n) is 4.08. The van der Waals surface area contributed by atoms with E-state index in [4.69, 9.17) is 4.74 Å². The molecule has 1 aromatic carbocycles. The third kappa shape index (κ3) is 3.71. The number of hydrogen-bond donors (Lipinski definition) is 1. The minimum absolute atomic E-state index is 0.0987. The number of likely N-dealkylation sites (tertiary alicyclic amines) is 1. The second-order valence-electron chi connectivity index (χ2n) is 5.57. The second kappa shape index (κ2) is 6.40. The summed E-state index contributed by atoms with van der Waals surface area (Å²) in [6.07, 6.45) is 1.68. The molecule has 1 aromatic rings. The number of piperidine rings is 1. The fraction of sp³-hybridized carbons (Fsp3) is 0.625. The van der Waals surface area contributed by atoms with Crippen LogP contribution in [-0.4, -0.2) is 42.4 Å². The van der Waals surface area contributed by atoms with Crippen molar-refractivity contribution >= 4 is 0 Å². The predicted octanol–water partition coefficient (Wildman–Crippen LogP) is 2.45. The Kier molecular flexibility index (Phi) is 4.83. The molecule has 1 heterocycles. The van der Waals surface area contributed by atoms with Crippen LogP contribution in [0.2, 0.25) is 0 Å². The average molecular weight is 263 g/mol. The van der Waals surface area contributed by atoms with Gasteiger partial charge in [0, 0.05) is 19.6 Å². The van der Waals surface area contributed by atoms with Gasteiger partial charge in [-0.05, 0) is 50.3 Å². The van der Waals surface area contributed by atoms with Gasteiger partial charge in [0.15, 0.2) is 0 Å². The van der Waals surface area contributed by atoms with Crippen LogP contribution in [0.5, 0.6) is 5.75 Å².